The lowest BCUT2D eigenvalue weighted by atomic mass is 10.1. The molecule has 0 spiro atoms. The quantitative estimate of drug-likeness (QED) is 0.333. The molecule has 1 heterocycles. The SMILES string of the molecule is CCOC(=O)c1ccc(-c2ccc(/C=C(\C#N)C(=O)NCCOC)o2)cc1. The second-order valence-electron chi connectivity index (χ2n) is 5.42. The number of ether oxygens (including phenoxy) is 2. The van der Waals surface area contributed by atoms with Crippen LogP contribution in [0.5, 0.6) is 0 Å². The van der Waals surface area contributed by atoms with Crippen LogP contribution in [0.2, 0.25) is 0 Å². The van der Waals surface area contributed by atoms with Gasteiger partial charge in [-0.15, -0.1) is 0 Å². The van der Waals surface area contributed by atoms with E-state index < -0.39 is 5.91 Å². The maximum atomic E-state index is 11.9. The van der Waals surface area contributed by atoms with Gasteiger partial charge in [0, 0.05) is 25.3 Å². The Kier molecular flexibility index (Phi) is 7.35. The normalized spacial score (nSPS) is 10.9. The zero-order valence-electron chi connectivity index (χ0n) is 15.2. The maximum Gasteiger partial charge on any atom is 0.338 e. The first kappa shape index (κ1) is 19.9. The standard InChI is InChI=1S/C20H20N2O5/c1-3-26-20(24)15-6-4-14(5-7-15)18-9-8-17(27-18)12-16(13-21)19(23)22-10-11-25-2/h4-9,12H,3,10-11H2,1-2H3,(H,22,23)/b16-12+. The monoisotopic (exact) mass is 368 g/mol. The minimum Gasteiger partial charge on any atom is -0.462 e. The molecule has 1 aromatic carbocycles. The van der Waals surface area contributed by atoms with E-state index in [0.717, 1.165) is 5.56 Å². The van der Waals surface area contributed by atoms with E-state index in [9.17, 15) is 9.59 Å². The van der Waals surface area contributed by atoms with E-state index in [1.807, 2.05) is 6.07 Å². The van der Waals surface area contributed by atoms with Crippen LogP contribution in [0.3, 0.4) is 0 Å². The fourth-order valence-electron chi connectivity index (χ4n) is 2.22. The lowest BCUT2D eigenvalue weighted by Gasteiger charge is -2.03. The summed E-state index contributed by atoms with van der Waals surface area (Å²) in [5.74, 6) is 0.0446. The average molecular weight is 368 g/mol. The zero-order valence-corrected chi connectivity index (χ0v) is 15.2. The van der Waals surface area contributed by atoms with Gasteiger partial charge in [-0.3, -0.25) is 4.79 Å². The van der Waals surface area contributed by atoms with Crippen LogP contribution in [0.25, 0.3) is 17.4 Å². The van der Waals surface area contributed by atoms with Crippen molar-refractivity contribution in [1.29, 1.82) is 5.26 Å². The van der Waals surface area contributed by atoms with Crippen LogP contribution in [0.4, 0.5) is 0 Å². The first-order valence-electron chi connectivity index (χ1n) is 8.35. The maximum absolute atomic E-state index is 11.9. The van der Waals surface area contributed by atoms with E-state index in [-0.39, 0.29) is 11.5 Å². The Labute approximate surface area is 157 Å². The molecule has 0 bridgehead atoms. The van der Waals surface area contributed by atoms with Gasteiger partial charge in [0.15, 0.2) is 0 Å². The van der Waals surface area contributed by atoms with Gasteiger partial charge in [-0.05, 0) is 31.2 Å². The van der Waals surface area contributed by atoms with Crippen molar-refractivity contribution in [3.05, 3.63) is 53.3 Å². The van der Waals surface area contributed by atoms with Crippen molar-refractivity contribution in [1.82, 2.24) is 5.32 Å². The number of nitriles is 1. The predicted octanol–water partition coefficient (Wildman–Crippen LogP) is 2.79. The summed E-state index contributed by atoms with van der Waals surface area (Å²) in [7, 11) is 1.52. The van der Waals surface area contributed by atoms with Crippen LogP contribution in [-0.2, 0) is 14.3 Å². The number of nitrogens with one attached hydrogen (secondary N) is 1. The molecule has 0 saturated carbocycles. The number of methoxy groups -OCH3 is 1. The number of nitrogens with zero attached hydrogens (tertiary/aromatic N) is 1. The third kappa shape index (κ3) is 5.56. The summed E-state index contributed by atoms with van der Waals surface area (Å²) in [6, 6.07) is 12.0. The van der Waals surface area contributed by atoms with Crippen LogP contribution < -0.4 is 5.32 Å². The molecule has 0 saturated heterocycles. The highest BCUT2D eigenvalue weighted by Crippen LogP contribution is 2.24. The number of hydrogen-bond acceptors (Lipinski definition) is 6. The number of rotatable bonds is 8. The Balaban J connectivity index is 2.12. The van der Waals surface area contributed by atoms with Crippen molar-refractivity contribution in [3.8, 4) is 17.4 Å². The fourth-order valence-corrected chi connectivity index (χ4v) is 2.22. The molecule has 0 atom stereocenters. The van der Waals surface area contributed by atoms with E-state index in [1.165, 1.54) is 13.2 Å². The topological polar surface area (TPSA) is 102 Å². The molecule has 7 nitrogen and oxygen atoms in total. The third-order valence-corrected chi connectivity index (χ3v) is 3.55. The van der Waals surface area contributed by atoms with Crippen molar-refractivity contribution < 1.29 is 23.5 Å². The van der Waals surface area contributed by atoms with Crippen LogP contribution in [0, 0.1) is 11.3 Å². The molecule has 0 radical (unpaired) electrons. The van der Waals surface area contributed by atoms with Gasteiger partial charge in [-0.25, -0.2) is 4.79 Å². The summed E-state index contributed by atoms with van der Waals surface area (Å²) >= 11 is 0. The molecule has 27 heavy (non-hydrogen) atoms. The molecule has 0 aliphatic carbocycles. The van der Waals surface area contributed by atoms with Crippen LogP contribution >= 0.6 is 0 Å². The molecule has 1 aromatic heterocycles. The minimum atomic E-state index is -0.494. The Bertz CT molecular complexity index is 859. The number of hydrogen-bond donors (Lipinski definition) is 1. The van der Waals surface area contributed by atoms with E-state index in [2.05, 4.69) is 5.32 Å². The Morgan fingerprint density at radius 3 is 2.59 bits per heavy atom. The smallest absolute Gasteiger partial charge is 0.338 e. The summed E-state index contributed by atoms with van der Waals surface area (Å²) in [4.78, 5) is 23.6. The van der Waals surface area contributed by atoms with Crippen LogP contribution in [-0.4, -0.2) is 38.7 Å². The van der Waals surface area contributed by atoms with Crippen molar-refractivity contribution >= 4 is 18.0 Å². The molecule has 0 aliphatic heterocycles. The summed E-state index contributed by atoms with van der Waals surface area (Å²) < 4.78 is 15.5. The molecular weight excluding hydrogens is 348 g/mol. The minimum absolute atomic E-state index is 0.0651. The first-order valence-corrected chi connectivity index (χ1v) is 8.35. The zero-order chi connectivity index (χ0) is 19.6. The summed E-state index contributed by atoms with van der Waals surface area (Å²) in [6.45, 7) is 2.73. The van der Waals surface area contributed by atoms with Gasteiger partial charge in [0.1, 0.15) is 23.2 Å². The molecule has 1 N–H and O–H groups in total. The molecule has 7 heteroatoms. The number of carbonyl (C=O) groups is 2. The van der Waals surface area contributed by atoms with Gasteiger partial charge in [0.25, 0.3) is 5.91 Å². The average Bonchev–Trinajstić information content (AvgIpc) is 3.15. The largest absolute Gasteiger partial charge is 0.462 e. The van der Waals surface area contributed by atoms with Crippen molar-refractivity contribution in [2.45, 2.75) is 6.92 Å². The van der Waals surface area contributed by atoms with Gasteiger partial charge in [0.05, 0.1) is 18.8 Å². The number of benzene rings is 1. The second kappa shape index (κ2) is 9.94. The molecule has 2 aromatic rings. The molecule has 0 unspecified atom stereocenters. The Morgan fingerprint density at radius 2 is 1.96 bits per heavy atom. The predicted molar refractivity (Wildman–Crippen MR) is 98.6 cm³/mol. The highest BCUT2D eigenvalue weighted by atomic mass is 16.5. The molecule has 2 rings (SSSR count). The highest BCUT2D eigenvalue weighted by molar-refractivity contribution is 6.01. The van der Waals surface area contributed by atoms with Gasteiger partial charge in [-0.1, -0.05) is 12.1 Å². The lowest BCUT2D eigenvalue weighted by Crippen LogP contribution is -2.27. The number of furan rings is 1. The van der Waals surface area contributed by atoms with Crippen molar-refractivity contribution in [2.24, 2.45) is 0 Å². The number of carbonyl (C=O) groups excluding carboxylic acids is 2. The first-order chi connectivity index (χ1) is 13.1. The lowest BCUT2D eigenvalue weighted by molar-refractivity contribution is -0.117. The molecule has 0 aliphatic rings. The van der Waals surface area contributed by atoms with Gasteiger partial charge < -0.3 is 19.2 Å². The molecule has 1 amide bonds. The Morgan fingerprint density at radius 1 is 1.22 bits per heavy atom. The second-order valence-corrected chi connectivity index (χ2v) is 5.42. The van der Waals surface area contributed by atoms with E-state index in [0.29, 0.717) is 36.8 Å². The van der Waals surface area contributed by atoms with E-state index in [4.69, 9.17) is 19.2 Å². The van der Waals surface area contributed by atoms with Gasteiger partial charge >= 0.3 is 5.97 Å². The van der Waals surface area contributed by atoms with E-state index >= 15 is 0 Å². The summed E-state index contributed by atoms with van der Waals surface area (Å²) in [6.07, 6.45) is 1.37. The van der Waals surface area contributed by atoms with Crippen molar-refractivity contribution in [2.75, 3.05) is 26.9 Å². The number of amides is 1. The van der Waals surface area contributed by atoms with Crippen molar-refractivity contribution in [3.63, 3.8) is 0 Å². The third-order valence-electron chi connectivity index (χ3n) is 3.55. The molecule has 140 valence electrons. The van der Waals surface area contributed by atoms with Crippen LogP contribution in [0.15, 0.2) is 46.4 Å². The van der Waals surface area contributed by atoms with Crippen LogP contribution in [0.1, 0.15) is 23.0 Å². The summed E-state index contributed by atoms with van der Waals surface area (Å²) in [5, 5.41) is 11.7. The fraction of sp³-hybridized carbons (Fsp3) is 0.250. The Hall–Kier alpha value is -3.37. The highest BCUT2D eigenvalue weighted by Gasteiger charge is 2.11. The molecule has 0 fully saturated rings. The molecular formula is C20H20N2O5. The van der Waals surface area contributed by atoms with E-state index in [1.54, 1.807) is 43.3 Å². The van der Waals surface area contributed by atoms with Gasteiger partial charge in [-0.2, -0.15) is 5.26 Å². The van der Waals surface area contributed by atoms with Gasteiger partial charge in [0.2, 0.25) is 0 Å². The summed E-state index contributed by atoms with van der Waals surface area (Å²) in [5.41, 5.74) is 1.14. The number of esters is 1.